The summed E-state index contributed by atoms with van der Waals surface area (Å²) >= 11 is 0. The summed E-state index contributed by atoms with van der Waals surface area (Å²) in [6, 6.07) is 11.8. The van der Waals surface area contributed by atoms with Crippen molar-refractivity contribution in [2.75, 3.05) is 13.7 Å². The predicted molar refractivity (Wildman–Crippen MR) is 90.5 cm³/mol. The van der Waals surface area contributed by atoms with E-state index in [1.165, 1.54) is 0 Å². The molecule has 0 saturated carbocycles. The van der Waals surface area contributed by atoms with Crippen LogP contribution in [0.5, 0.6) is 5.75 Å². The fourth-order valence-electron chi connectivity index (χ4n) is 2.61. The standard InChI is InChI=1S/C18H24N2O2/c1-5-22-17-9-7-6-8-15(17)16-11-10-14(12-19-4)18(21)20(16)13(2)3/h6-11,13,19H,5,12H2,1-4H3. The van der Waals surface area contributed by atoms with Gasteiger partial charge in [0.05, 0.1) is 12.3 Å². The molecule has 118 valence electrons. The predicted octanol–water partition coefficient (Wildman–Crippen LogP) is 3.21. The summed E-state index contributed by atoms with van der Waals surface area (Å²) in [5.41, 5.74) is 2.66. The van der Waals surface area contributed by atoms with Gasteiger partial charge in [-0.15, -0.1) is 0 Å². The molecule has 0 unspecified atom stereocenters. The van der Waals surface area contributed by atoms with Gasteiger partial charge in [-0.2, -0.15) is 0 Å². The summed E-state index contributed by atoms with van der Waals surface area (Å²) in [4.78, 5) is 12.7. The number of benzene rings is 1. The van der Waals surface area contributed by atoms with Gasteiger partial charge in [0.15, 0.2) is 0 Å². The van der Waals surface area contributed by atoms with Gasteiger partial charge in [-0.1, -0.05) is 18.2 Å². The third kappa shape index (κ3) is 3.22. The molecule has 0 spiro atoms. The molecular weight excluding hydrogens is 276 g/mol. The van der Waals surface area contributed by atoms with Crippen LogP contribution in [0, 0.1) is 0 Å². The molecule has 22 heavy (non-hydrogen) atoms. The normalized spacial score (nSPS) is 11.0. The first-order valence-electron chi connectivity index (χ1n) is 7.71. The molecular formula is C18H24N2O2. The first-order valence-corrected chi connectivity index (χ1v) is 7.71. The Morgan fingerprint density at radius 2 is 1.91 bits per heavy atom. The smallest absolute Gasteiger partial charge is 0.255 e. The monoisotopic (exact) mass is 300 g/mol. The summed E-state index contributed by atoms with van der Waals surface area (Å²) in [5, 5.41) is 3.04. The molecule has 0 aliphatic rings. The van der Waals surface area contributed by atoms with Crippen molar-refractivity contribution in [1.29, 1.82) is 0 Å². The topological polar surface area (TPSA) is 43.3 Å². The lowest BCUT2D eigenvalue weighted by atomic mass is 10.1. The minimum atomic E-state index is 0.0492. The van der Waals surface area contributed by atoms with E-state index in [-0.39, 0.29) is 11.6 Å². The second-order valence-corrected chi connectivity index (χ2v) is 5.47. The third-order valence-electron chi connectivity index (χ3n) is 3.54. The fraction of sp³-hybridized carbons (Fsp3) is 0.389. The number of nitrogens with one attached hydrogen (secondary N) is 1. The van der Waals surface area contributed by atoms with Crippen molar-refractivity contribution in [1.82, 2.24) is 9.88 Å². The lowest BCUT2D eigenvalue weighted by molar-refractivity contribution is 0.341. The minimum absolute atomic E-state index is 0.0492. The van der Waals surface area contributed by atoms with Crippen LogP contribution in [0.3, 0.4) is 0 Å². The van der Waals surface area contributed by atoms with Crippen LogP contribution in [-0.4, -0.2) is 18.2 Å². The van der Waals surface area contributed by atoms with Crippen LogP contribution in [0.15, 0.2) is 41.2 Å². The second-order valence-electron chi connectivity index (χ2n) is 5.47. The molecule has 4 heteroatoms. The van der Waals surface area contributed by atoms with Gasteiger partial charge in [0.2, 0.25) is 0 Å². The van der Waals surface area contributed by atoms with Crippen molar-refractivity contribution >= 4 is 0 Å². The Hall–Kier alpha value is -2.07. The lowest BCUT2D eigenvalue weighted by Gasteiger charge is -2.20. The zero-order valence-electron chi connectivity index (χ0n) is 13.7. The number of para-hydroxylation sites is 1. The molecule has 1 aromatic carbocycles. The molecule has 0 fully saturated rings. The second kappa shape index (κ2) is 7.27. The van der Waals surface area contributed by atoms with Crippen molar-refractivity contribution in [3.05, 3.63) is 52.3 Å². The van der Waals surface area contributed by atoms with Gasteiger partial charge in [-0.05, 0) is 46.0 Å². The maximum Gasteiger partial charge on any atom is 0.255 e. The summed E-state index contributed by atoms with van der Waals surface area (Å²) in [6.07, 6.45) is 0. The largest absolute Gasteiger partial charge is 0.493 e. The van der Waals surface area contributed by atoms with Crippen LogP contribution >= 0.6 is 0 Å². The van der Waals surface area contributed by atoms with Gasteiger partial charge in [-0.25, -0.2) is 0 Å². The Bertz CT molecular complexity index is 690. The SMILES string of the molecule is CCOc1ccccc1-c1ccc(CNC)c(=O)n1C(C)C. The van der Waals surface area contributed by atoms with Crippen molar-refractivity contribution in [3.8, 4) is 17.0 Å². The molecule has 4 nitrogen and oxygen atoms in total. The average molecular weight is 300 g/mol. The molecule has 1 N–H and O–H groups in total. The maximum absolute atomic E-state index is 12.7. The first kappa shape index (κ1) is 16.3. The minimum Gasteiger partial charge on any atom is -0.493 e. The van der Waals surface area contributed by atoms with Crippen molar-refractivity contribution in [3.63, 3.8) is 0 Å². The highest BCUT2D eigenvalue weighted by molar-refractivity contribution is 5.67. The molecule has 0 radical (unpaired) electrons. The summed E-state index contributed by atoms with van der Waals surface area (Å²) in [7, 11) is 1.84. The van der Waals surface area contributed by atoms with Crippen LogP contribution in [0.1, 0.15) is 32.4 Å². The number of aromatic nitrogens is 1. The number of hydrogen-bond donors (Lipinski definition) is 1. The van der Waals surface area contributed by atoms with Crippen LogP contribution in [0.4, 0.5) is 0 Å². The summed E-state index contributed by atoms with van der Waals surface area (Å²) < 4.78 is 7.55. The summed E-state index contributed by atoms with van der Waals surface area (Å²) in [5.74, 6) is 0.806. The highest BCUT2D eigenvalue weighted by Crippen LogP contribution is 2.30. The number of rotatable bonds is 6. The number of nitrogens with zero attached hydrogens (tertiary/aromatic N) is 1. The van der Waals surface area contributed by atoms with Gasteiger partial charge in [0.25, 0.3) is 5.56 Å². The number of ether oxygens (including phenoxy) is 1. The van der Waals surface area contributed by atoms with E-state index >= 15 is 0 Å². The maximum atomic E-state index is 12.7. The molecule has 2 rings (SSSR count). The fourth-order valence-corrected chi connectivity index (χ4v) is 2.61. The van der Waals surface area contributed by atoms with Crippen LogP contribution in [0.2, 0.25) is 0 Å². The van der Waals surface area contributed by atoms with E-state index in [0.29, 0.717) is 13.2 Å². The van der Waals surface area contributed by atoms with Gasteiger partial charge in [-0.3, -0.25) is 4.79 Å². The highest BCUT2D eigenvalue weighted by atomic mass is 16.5. The lowest BCUT2D eigenvalue weighted by Crippen LogP contribution is -2.28. The van der Waals surface area contributed by atoms with Crippen molar-refractivity contribution in [2.24, 2.45) is 0 Å². The Labute approximate surface area is 131 Å². The molecule has 0 atom stereocenters. The van der Waals surface area contributed by atoms with Crippen LogP contribution in [0.25, 0.3) is 11.3 Å². The van der Waals surface area contributed by atoms with Gasteiger partial charge in [0.1, 0.15) is 5.75 Å². The molecule has 0 aliphatic heterocycles. The molecule has 0 saturated heterocycles. The van der Waals surface area contributed by atoms with Crippen LogP contribution in [-0.2, 0) is 6.54 Å². The molecule has 0 amide bonds. The third-order valence-corrected chi connectivity index (χ3v) is 3.54. The molecule has 0 bridgehead atoms. The van der Waals surface area contributed by atoms with E-state index in [1.807, 2.05) is 68.8 Å². The van der Waals surface area contributed by atoms with Gasteiger partial charge in [0, 0.05) is 23.7 Å². The molecule has 0 aliphatic carbocycles. The molecule has 1 aromatic heterocycles. The summed E-state index contributed by atoms with van der Waals surface area (Å²) in [6.45, 7) is 7.18. The van der Waals surface area contributed by atoms with E-state index in [4.69, 9.17) is 4.74 Å². The Kier molecular flexibility index (Phi) is 5.39. The number of pyridine rings is 1. The zero-order valence-corrected chi connectivity index (χ0v) is 13.7. The van der Waals surface area contributed by atoms with Crippen LogP contribution < -0.4 is 15.6 Å². The quantitative estimate of drug-likeness (QED) is 0.891. The van der Waals surface area contributed by atoms with Crippen molar-refractivity contribution < 1.29 is 4.74 Å². The van der Waals surface area contributed by atoms with Gasteiger partial charge >= 0.3 is 0 Å². The molecule has 2 aromatic rings. The average Bonchev–Trinajstić information content (AvgIpc) is 2.50. The van der Waals surface area contributed by atoms with E-state index < -0.39 is 0 Å². The Balaban J connectivity index is 2.66. The first-order chi connectivity index (χ1) is 10.6. The van der Waals surface area contributed by atoms with Gasteiger partial charge < -0.3 is 14.6 Å². The highest BCUT2D eigenvalue weighted by Gasteiger charge is 2.15. The van der Waals surface area contributed by atoms with E-state index in [1.54, 1.807) is 0 Å². The molecule has 1 heterocycles. The van der Waals surface area contributed by atoms with E-state index in [9.17, 15) is 4.79 Å². The van der Waals surface area contributed by atoms with E-state index in [2.05, 4.69) is 5.32 Å². The number of hydrogen-bond acceptors (Lipinski definition) is 3. The Morgan fingerprint density at radius 1 is 1.18 bits per heavy atom. The van der Waals surface area contributed by atoms with E-state index in [0.717, 1.165) is 22.6 Å². The Morgan fingerprint density at radius 3 is 2.55 bits per heavy atom. The van der Waals surface area contributed by atoms with Crippen molar-refractivity contribution in [2.45, 2.75) is 33.4 Å². The zero-order chi connectivity index (χ0) is 16.1.